The normalized spacial score (nSPS) is 34.5. The molecule has 3 fully saturated rings. The average molecular weight is 349 g/mol. The van der Waals surface area contributed by atoms with Gasteiger partial charge < -0.3 is 14.9 Å². The van der Waals surface area contributed by atoms with Gasteiger partial charge in [0.2, 0.25) is 0 Å². The molecule has 2 bridgehead atoms. The molecule has 1 saturated carbocycles. The van der Waals surface area contributed by atoms with E-state index >= 15 is 0 Å². The van der Waals surface area contributed by atoms with Crippen LogP contribution < -0.4 is 0 Å². The maximum Gasteiger partial charge on any atom is 0.0749 e. The molecule has 1 aliphatic carbocycles. The van der Waals surface area contributed by atoms with E-state index in [1.54, 1.807) is 0 Å². The first-order valence-corrected chi connectivity index (χ1v) is 10.6. The molecule has 3 aliphatic rings. The molecule has 5 atom stereocenters. The Morgan fingerprint density at radius 2 is 1.76 bits per heavy atom. The molecule has 25 heavy (non-hydrogen) atoms. The SMILES string of the molecule is OCC=CCCCCC1C2CCC(O2)C1C=CC(O)C1CCCCC1. The molecule has 2 aliphatic heterocycles. The molecular weight excluding hydrogens is 312 g/mol. The van der Waals surface area contributed by atoms with Crippen LogP contribution in [0.25, 0.3) is 0 Å². The van der Waals surface area contributed by atoms with Crippen LogP contribution in [-0.2, 0) is 4.74 Å². The summed E-state index contributed by atoms with van der Waals surface area (Å²) in [6.45, 7) is 0.149. The predicted molar refractivity (Wildman–Crippen MR) is 101 cm³/mol. The maximum atomic E-state index is 10.5. The van der Waals surface area contributed by atoms with Crippen molar-refractivity contribution in [3.05, 3.63) is 24.3 Å². The summed E-state index contributed by atoms with van der Waals surface area (Å²) in [4.78, 5) is 0. The topological polar surface area (TPSA) is 49.7 Å². The number of rotatable bonds is 9. The molecule has 2 heterocycles. The van der Waals surface area contributed by atoms with Crippen molar-refractivity contribution in [3.8, 4) is 0 Å². The molecule has 0 radical (unpaired) electrons. The number of ether oxygens (including phenoxy) is 1. The highest BCUT2D eigenvalue weighted by Crippen LogP contribution is 2.46. The molecule has 3 heteroatoms. The van der Waals surface area contributed by atoms with Crippen LogP contribution in [0.5, 0.6) is 0 Å². The maximum absolute atomic E-state index is 10.5. The minimum absolute atomic E-state index is 0.149. The largest absolute Gasteiger partial charge is 0.392 e. The number of unbranched alkanes of at least 4 members (excludes halogenated alkanes) is 2. The Balaban J connectivity index is 1.48. The first kappa shape index (κ1) is 19.1. The van der Waals surface area contributed by atoms with Crippen molar-refractivity contribution in [1.82, 2.24) is 0 Å². The second-order valence-electron chi connectivity index (χ2n) is 8.24. The third-order valence-corrected chi connectivity index (χ3v) is 6.58. The summed E-state index contributed by atoms with van der Waals surface area (Å²) in [6, 6.07) is 0. The fourth-order valence-electron chi connectivity index (χ4n) is 5.17. The van der Waals surface area contributed by atoms with Crippen molar-refractivity contribution in [2.24, 2.45) is 17.8 Å². The number of allylic oxidation sites excluding steroid dienone is 1. The molecular formula is C22H36O3. The average Bonchev–Trinajstić information content (AvgIpc) is 3.25. The molecule has 142 valence electrons. The Labute approximate surface area is 153 Å². The van der Waals surface area contributed by atoms with Gasteiger partial charge in [-0.25, -0.2) is 0 Å². The number of aliphatic hydroxyl groups excluding tert-OH is 2. The van der Waals surface area contributed by atoms with Crippen molar-refractivity contribution >= 4 is 0 Å². The smallest absolute Gasteiger partial charge is 0.0749 e. The third kappa shape index (κ3) is 5.18. The lowest BCUT2D eigenvalue weighted by Crippen LogP contribution is -2.27. The molecule has 3 nitrogen and oxygen atoms in total. The molecule has 0 aromatic heterocycles. The summed E-state index contributed by atoms with van der Waals surface area (Å²) >= 11 is 0. The lowest BCUT2D eigenvalue weighted by molar-refractivity contribution is 0.0883. The molecule has 5 unspecified atom stereocenters. The van der Waals surface area contributed by atoms with Gasteiger partial charge in [-0.1, -0.05) is 50.0 Å². The second kappa shape index (κ2) is 9.89. The van der Waals surface area contributed by atoms with Crippen LogP contribution in [-0.4, -0.2) is 35.1 Å². The van der Waals surface area contributed by atoms with Gasteiger partial charge in [0, 0.05) is 5.92 Å². The van der Waals surface area contributed by atoms with Crippen molar-refractivity contribution in [1.29, 1.82) is 0 Å². The zero-order valence-corrected chi connectivity index (χ0v) is 15.6. The number of hydrogen-bond donors (Lipinski definition) is 2. The van der Waals surface area contributed by atoms with Crippen LogP contribution in [0.15, 0.2) is 24.3 Å². The molecule has 0 aromatic carbocycles. The lowest BCUT2D eigenvalue weighted by atomic mass is 9.76. The van der Waals surface area contributed by atoms with Crippen molar-refractivity contribution < 1.29 is 14.9 Å². The zero-order chi connectivity index (χ0) is 17.5. The monoisotopic (exact) mass is 348 g/mol. The predicted octanol–water partition coefficient (Wildman–Crippen LogP) is 4.39. The van der Waals surface area contributed by atoms with E-state index in [1.807, 2.05) is 6.08 Å². The van der Waals surface area contributed by atoms with Crippen molar-refractivity contribution in [2.75, 3.05) is 6.61 Å². The highest BCUT2D eigenvalue weighted by atomic mass is 16.5. The Hall–Kier alpha value is -0.640. The van der Waals surface area contributed by atoms with Gasteiger partial charge in [0.15, 0.2) is 0 Å². The summed E-state index contributed by atoms with van der Waals surface area (Å²) in [5.41, 5.74) is 0. The minimum atomic E-state index is -0.260. The first-order valence-electron chi connectivity index (χ1n) is 10.6. The van der Waals surface area contributed by atoms with Crippen LogP contribution >= 0.6 is 0 Å². The van der Waals surface area contributed by atoms with Crippen molar-refractivity contribution in [2.45, 2.75) is 88.9 Å². The van der Waals surface area contributed by atoms with Gasteiger partial charge in [0.25, 0.3) is 0 Å². The highest BCUT2D eigenvalue weighted by molar-refractivity contribution is 5.07. The first-order chi connectivity index (χ1) is 12.3. The summed E-state index contributed by atoms with van der Waals surface area (Å²) in [6.07, 6.45) is 22.2. The summed E-state index contributed by atoms with van der Waals surface area (Å²) in [5, 5.41) is 19.3. The second-order valence-corrected chi connectivity index (χ2v) is 8.24. The number of aliphatic hydroxyl groups is 2. The van der Waals surface area contributed by atoms with Crippen LogP contribution in [0.2, 0.25) is 0 Å². The molecule has 0 amide bonds. The summed E-state index contributed by atoms with van der Waals surface area (Å²) in [7, 11) is 0. The van der Waals surface area contributed by atoms with E-state index in [-0.39, 0.29) is 12.7 Å². The van der Waals surface area contributed by atoms with Gasteiger partial charge in [-0.15, -0.1) is 0 Å². The van der Waals surface area contributed by atoms with Crippen LogP contribution in [0.1, 0.15) is 70.6 Å². The Morgan fingerprint density at radius 1 is 0.960 bits per heavy atom. The molecule has 0 aromatic rings. The van der Waals surface area contributed by atoms with E-state index in [1.165, 1.54) is 64.2 Å². The quantitative estimate of drug-likeness (QED) is 0.480. The van der Waals surface area contributed by atoms with E-state index in [0.717, 1.165) is 6.42 Å². The molecule has 3 rings (SSSR count). The number of fused-ring (bicyclic) bond motifs is 2. The molecule has 2 N–H and O–H groups in total. The van der Waals surface area contributed by atoms with Gasteiger partial charge in [-0.05, 0) is 56.8 Å². The number of hydrogen-bond acceptors (Lipinski definition) is 3. The van der Waals surface area contributed by atoms with E-state index < -0.39 is 0 Å². The Bertz CT molecular complexity index is 439. The van der Waals surface area contributed by atoms with Crippen LogP contribution in [0.4, 0.5) is 0 Å². The standard InChI is InChI=1S/C22H36O3/c23-16-8-3-1-2-7-11-18-19(22-15-14-21(18)25-22)12-13-20(24)17-9-5-4-6-10-17/h3,8,12-13,17-24H,1-2,4-7,9-11,14-16H2. The zero-order valence-electron chi connectivity index (χ0n) is 15.6. The van der Waals surface area contributed by atoms with Gasteiger partial charge in [0.05, 0.1) is 24.9 Å². The highest BCUT2D eigenvalue weighted by Gasteiger charge is 2.47. The fourth-order valence-corrected chi connectivity index (χ4v) is 5.17. The van der Waals surface area contributed by atoms with Gasteiger partial charge in [0.1, 0.15) is 0 Å². The lowest BCUT2D eigenvalue weighted by Gasteiger charge is -2.27. The Kier molecular flexibility index (Phi) is 7.57. The fraction of sp³-hybridized carbons (Fsp3) is 0.818. The summed E-state index contributed by atoms with van der Waals surface area (Å²) in [5.74, 6) is 1.61. The van der Waals surface area contributed by atoms with Crippen LogP contribution in [0, 0.1) is 17.8 Å². The summed E-state index contributed by atoms with van der Waals surface area (Å²) < 4.78 is 6.19. The Morgan fingerprint density at radius 3 is 2.56 bits per heavy atom. The minimum Gasteiger partial charge on any atom is -0.392 e. The van der Waals surface area contributed by atoms with E-state index in [4.69, 9.17) is 9.84 Å². The van der Waals surface area contributed by atoms with E-state index in [9.17, 15) is 5.11 Å². The van der Waals surface area contributed by atoms with Gasteiger partial charge >= 0.3 is 0 Å². The van der Waals surface area contributed by atoms with E-state index in [0.29, 0.717) is 30.0 Å². The molecule has 0 spiro atoms. The van der Waals surface area contributed by atoms with Crippen molar-refractivity contribution in [3.63, 3.8) is 0 Å². The molecule has 2 saturated heterocycles. The van der Waals surface area contributed by atoms with Gasteiger partial charge in [-0.3, -0.25) is 0 Å². The third-order valence-electron chi connectivity index (χ3n) is 6.58. The van der Waals surface area contributed by atoms with Gasteiger partial charge in [-0.2, -0.15) is 0 Å². The van der Waals surface area contributed by atoms with E-state index in [2.05, 4.69) is 18.2 Å². The van der Waals surface area contributed by atoms with Crippen LogP contribution in [0.3, 0.4) is 0 Å².